The minimum absolute atomic E-state index is 0.0789. The van der Waals surface area contributed by atoms with Gasteiger partial charge in [-0.2, -0.15) is 0 Å². The smallest absolute Gasteiger partial charge is 0.240 e. The fraction of sp³-hybridized carbons (Fsp3) is 0.0500. The second-order valence-corrected chi connectivity index (χ2v) is 8.34. The summed E-state index contributed by atoms with van der Waals surface area (Å²) in [6.45, 7) is 0. The Morgan fingerprint density at radius 1 is 0.967 bits per heavy atom. The van der Waals surface area contributed by atoms with Crippen molar-refractivity contribution in [3.05, 3.63) is 66.4 Å². The highest BCUT2D eigenvalue weighted by molar-refractivity contribution is 7.90. The number of pyridine rings is 2. The molecular formula is C20H15N7O2S. The van der Waals surface area contributed by atoms with E-state index < -0.39 is 9.84 Å². The molecule has 4 aromatic rings. The van der Waals surface area contributed by atoms with E-state index in [1.54, 1.807) is 36.7 Å². The average molecular weight is 417 g/mol. The van der Waals surface area contributed by atoms with Crippen LogP contribution in [0.4, 0.5) is 17.5 Å². The quantitative estimate of drug-likeness (QED) is 0.479. The molecule has 0 aliphatic rings. The molecule has 0 fully saturated rings. The van der Waals surface area contributed by atoms with Crippen LogP contribution in [-0.4, -0.2) is 39.8 Å². The lowest BCUT2D eigenvalue weighted by Crippen LogP contribution is -1.98. The first-order chi connectivity index (χ1) is 14.4. The zero-order valence-corrected chi connectivity index (χ0v) is 16.6. The first kappa shape index (κ1) is 19.2. The van der Waals surface area contributed by atoms with Gasteiger partial charge >= 0.3 is 0 Å². The van der Waals surface area contributed by atoms with Crippen molar-refractivity contribution >= 4 is 38.1 Å². The third-order valence-corrected chi connectivity index (χ3v) is 5.22. The van der Waals surface area contributed by atoms with Gasteiger partial charge in [-0.3, -0.25) is 0 Å². The number of fused-ring (bicyclic) bond motifs is 1. The lowest BCUT2D eigenvalue weighted by molar-refractivity contribution is 0.602. The number of anilines is 3. The molecule has 0 saturated heterocycles. The summed E-state index contributed by atoms with van der Waals surface area (Å²) in [4.78, 5) is 12.8. The highest BCUT2D eigenvalue weighted by Gasteiger charge is 2.07. The SMILES string of the molecule is CS(=O)(=O)c1ccc(Nc2cc3c(C#Cc4cnc(N)nn4)nccc3cn2)cc1. The van der Waals surface area contributed by atoms with E-state index in [2.05, 4.69) is 42.3 Å². The van der Waals surface area contributed by atoms with Crippen LogP contribution in [0.25, 0.3) is 10.8 Å². The minimum atomic E-state index is -3.25. The third-order valence-electron chi connectivity index (χ3n) is 4.09. The monoisotopic (exact) mass is 417 g/mol. The topological polar surface area (TPSA) is 137 Å². The summed E-state index contributed by atoms with van der Waals surface area (Å²) in [5.74, 6) is 6.49. The van der Waals surface area contributed by atoms with Gasteiger partial charge in [0.15, 0.2) is 15.5 Å². The van der Waals surface area contributed by atoms with Crippen molar-refractivity contribution in [1.82, 2.24) is 25.1 Å². The summed E-state index contributed by atoms with van der Waals surface area (Å²) < 4.78 is 23.2. The standard InChI is InChI=1S/C20H15N7O2S/c1-30(28,29)16-5-2-14(3-6-16)25-19-10-17-13(11-23-19)8-9-22-18(17)7-4-15-12-24-20(21)27-26-15/h2-3,5-6,8-12H,1H3,(H,23,25)(H2,21,24,27). The number of nitrogen functional groups attached to an aromatic ring is 1. The maximum absolute atomic E-state index is 11.6. The van der Waals surface area contributed by atoms with E-state index in [1.807, 2.05) is 12.1 Å². The molecule has 9 nitrogen and oxygen atoms in total. The molecule has 0 aliphatic carbocycles. The molecule has 3 N–H and O–H groups in total. The first-order valence-corrected chi connectivity index (χ1v) is 10.6. The lowest BCUT2D eigenvalue weighted by atomic mass is 10.1. The van der Waals surface area contributed by atoms with E-state index in [4.69, 9.17) is 5.73 Å². The second-order valence-electron chi connectivity index (χ2n) is 6.32. The van der Waals surface area contributed by atoms with E-state index in [0.717, 1.165) is 10.8 Å². The summed E-state index contributed by atoms with van der Waals surface area (Å²) in [6, 6.07) is 10.1. The van der Waals surface area contributed by atoms with E-state index in [-0.39, 0.29) is 10.8 Å². The number of hydrogen-bond donors (Lipinski definition) is 2. The minimum Gasteiger partial charge on any atom is -0.366 e. The van der Waals surface area contributed by atoms with Gasteiger partial charge in [-0.1, -0.05) is 0 Å². The molecule has 0 radical (unpaired) electrons. The van der Waals surface area contributed by atoms with Crippen LogP contribution < -0.4 is 11.1 Å². The highest BCUT2D eigenvalue weighted by Crippen LogP contribution is 2.22. The van der Waals surface area contributed by atoms with Crippen LogP contribution in [0.5, 0.6) is 0 Å². The Labute approximate surface area is 172 Å². The van der Waals surface area contributed by atoms with Gasteiger partial charge in [0.1, 0.15) is 11.5 Å². The highest BCUT2D eigenvalue weighted by atomic mass is 32.2. The van der Waals surface area contributed by atoms with Gasteiger partial charge in [0.25, 0.3) is 0 Å². The summed E-state index contributed by atoms with van der Waals surface area (Å²) in [5.41, 5.74) is 7.05. The molecule has 30 heavy (non-hydrogen) atoms. The zero-order valence-electron chi connectivity index (χ0n) is 15.7. The maximum atomic E-state index is 11.6. The van der Waals surface area contributed by atoms with Crippen LogP contribution in [0.3, 0.4) is 0 Å². The van der Waals surface area contributed by atoms with E-state index in [1.165, 1.54) is 12.5 Å². The van der Waals surface area contributed by atoms with E-state index >= 15 is 0 Å². The number of aromatic nitrogens is 5. The molecule has 0 saturated carbocycles. The normalized spacial score (nSPS) is 11.0. The van der Waals surface area contributed by atoms with Gasteiger partial charge in [0.05, 0.1) is 11.1 Å². The summed E-state index contributed by atoms with van der Waals surface area (Å²) >= 11 is 0. The fourth-order valence-electron chi connectivity index (χ4n) is 2.63. The Bertz CT molecular complexity index is 1390. The van der Waals surface area contributed by atoms with Crippen LogP contribution in [-0.2, 0) is 9.84 Å². The van der Waals surface area contributed by atoms with Crippen LogP contribution in [0.2, 0.25) is 0 Å². The fourth-order valence-corrected chi connectivity index (χ4v) is 3.26. The summed E-state index contributed by atoms with van der Waals surface area (Å²) in [7, 11) is -3.25. The molecule has 0 spiro atoms. The molecule has 0 aliphatic heterocycles. The van der Waals surface area contributed by atoms with Gasteiger partial charge in [-0.25, -0.2) is 23.4 Å². The average Bonchev–Trinajstić information content (AvgIpc) is 2.73. The van der Waals surface area contributed by atoms with Crippen molar-refractivity contribution in [3.8, 4) is 11.8 Å². The first-order valence-electron chi connectivity index (χ1n) is 8.68. The lowest BCUT2D eigenvalue weighted by Gasteiger charge is -2.08. The van der Waals surface area contributed by atoms with Crippen molar-refractivity contribution in [2.75, 3.05) is 17.3 Å². The molecule has 3 heterocycles. The molecule has 0 unspecified atom stereocenters. The number of nitrogens with two attached hydrogens (primary N) is 1. The predicted octanol–water partition coefficient (Wildman–Crippen LogP) is 1.94. The van der Waals surface area contributed by atoms with Crippen molar-refractivity contribution in [3.63, 3.8) is 0 Å². The van der Waals surface area contributed by atoms with Crippen molar-refractivity contribution in [2.45, 2.75) is 4.90 Å². The number of hydrogen-bond acceptors (Lipinski definition) is 9. The molecule has 148 valence electrons. The van der Waals surface area contributed by atoms with Crippen molar-refractivity contribution in [2.24, 2.45) is 0 Å². The molecule has 0 amide bonds. The number of nitrogens with one attached hydrogen (secondary N) is 1. The van der Waals surface area contributed by atoms with Gasteiger partial charge < -0.3 is 11.1 Å². The van der Waals surface area contributed by atoms with Crippen LogP contribution in [0, 0.1) is 11.8 Å². The van der Waals surface area contributed by atoms with E-state index in [0.29, 0.717) is 22.9 Å². The second kappa shape index (κ2) is 7.73. The molecule has 10 heteroatoms. The number of benzene rings is 1. The molecular weight excluding hydrogens is 402 g/mol. The van der Waals surface area contributed by atoms with Gasteiger partial charge in [-0.05, 0) is 48.2 Å². The van der Waals surface area contributed by atoms with Crippen molar-refractivity contribution < 1.29 is 8.42 Å². The predicted molar refractivity (Wildman–Crippen MR) is 113 cm³/mol. The van der Waals surface area contributed by atoms with Gasteiger partial charge in [-0.15, -0.1) is 10.2 Å². The molecule has 0 bridgehead atoms. The summed E-state index contributed by atoms with van der Waals surface area (Å²) in [5, 5.41) is 12.4. The Morgan fingerprint density at radius 2 is 1.77 bits per heavy atom. The Morgan fingerprint density at radius 3 is 2.47 bits per heavy atom. The van der Waals surface area contributed by atoms with E-state index in [9.17, 15) is 8.42 Å². The molecule has 1 aromatic carbocycles. The van der Waals surface area contributed by atoms with Crippen molar-refractivity contribution in [1.29, 1.82) is 0 Å². The van der Waals surface area contributed by atoms with Crippen LogP contribution in [0.15, 0.2) is 59.9 Å². The number of nitrogens with zero attached hydrogens (tertiary/aromatic N) is 5. The van der Waals surface area contributed by atoms with Crippen LogP contribution >= 0.6 is 0 Å². The summed E-state index contributed by atoms with van der Waals surface area (Å²) in [6.07, 6.45) is 5.97. The molecule has 4 rings (SSSR count). The van der Waals surface area contributed by atoms with Crippen LogP contribution in [0.1, 0.15) is 11.4 Å². The molecule has 3 aromatic heterocycles. The number of sulfone groups is 1. The Balaban J connectivity index is 1.65. The molecule has 0 atom stereocenters. The maximum Gasteiger partial charge on any atom is 0.240 e. The zero-order chi connectivity index (χ0) is 21.1. The van der Waals surface area contributed by atoms with Gasteiger partial charge in [0, 0.05) is 35.1 Å². The third kappa shape index (κ3) is 4.31. The largest absolute Gasteiger partial charge is 0.366 e. The van der Waals surface area contributed by atoms with Gasteiger partial charge in [0.2, 0.25) is 5.95 Å². The Kier molecular flexibility index (Phi) is 4.95. The Hall–Kier alpha value is -4.10. The number of rotatable bonds is 3.